The summed E-state index contributed by atoms with van der Waals surface area (Å²) in [5, 5.41) is 0. The molecule has 376 valence electrons. The van der Waals surface area contributed by atoms with Crippen molar-refractivity contribution in [3.8, 4) is 0 Å². The molecule has 0 saturated heterocycles. The fraction of sp³-hybridized carbons (Fsp3) is 0.780. The van der Waals surface area contributed by atoms with Gasteiger partial charge >= 0.3 is 17.9 Å². The lowest BCUT2D eigenvalue weighted by Gasteiger charge is -2.18. The molecule has 6 nitrogen and oxygen atoms in total. The van der Waals surface area contributed by atoms with E-state index in [0.29, 0.717) is 19.3 Å². The van der Waals surface area contributed by atoms with E-state index in [9.17, 15) is 14.4 Å². The highest BCUT2D eigenvalue weighted by molar-refractivity contribution is 5.71. The van der Waals surface area contributed by atoms with Crippen LogP contribution in [0.5, 0.6) is 0 Å². The molecule has 0 radical (unpaired) electrons. The van der Waals surface area contributed by atoms with Crippen molar-refractivity contribution in [2.45, 2.75) is 284 Å². The van der Waals surface area contributed by atoms with Crippen LogP contribution in [0.15, 0.2) is 60.8 Å². The van der Waals surface area contributed by atoms with Crippen LogP contribution in [0.4, 0.5) is 0 Å². The first-order valence-electron chi connectivity index (χ1n) is 27.8. The lowest BCUT2D eigenvalue weighted by Crippen LogP contribution is -2.30. The quantitative estimate of drug-likeness (QED) is 0.0262. The van der Waals surface area contributed by atoms with Gasteiger partial charge in [0.1, 0.15) is 13.2 Å². The van der Waals surface area contributed by atoms with Crippen LogP contribution < -0.4 is 0 Å². The summed E-state index contributed by atoms with van der Waals surface area (Å²) in [5.41, 5.74) is 0. The van der Waals surface area contributed by atoms with Crippen LogP contribution >= 0.6 is 0 Å². The maximum Gasteiger partial charge on any atom is 0.306 e. The molecule has 1 atom stereocenters. The molecule has 0 aromatic rings. The second-order valence-corrected chi connectivity index (χ2v) is 18.5. The molecule has 0 saturated carbocycles. The summed E-state index contributed by atoms with van der Waals surface area (Å²) in [7, 11) is 0. The van der Waals surface area contributed by atoms with E-state index < -0.39 is 6.10 Å². The number of rotatable bonds is 50. The van der Waals surface area contributed by atoms with E-state index in [2.05, 4.69) is 81.5 Å². The normalized spacial score (nSPS) is 12.5. The third-order valence-electron chi connectivity index (χ3n) is 12.0. The minimum atomic E-state index is -0.784. The maximum atomic E-state index is 12.8. The van der Waals surface area contributed by atoms with Gasteiger partial charge in [0.25, 0.3) is 0 Å². The van der Waals surface area contributed by atoms with Crippen LogP contribution in [-0.2, 0) is 28.6 Å². The van der Waals surface area contributed by atoms with E-state index in [0.717, 1.165) is 96.3 Å². The van der Waals surface area contributed by atoms with Crippen molar-refractivity contribution < 1.29 is 28.6 Å². The molecule has 0 N–H and O–H groups in total. The van der Waals surface area contributed by atoms with Gasteiger partial charge in [-0.05, 0) is 83.5 Å². The molecule has 0 spiro atoms. The molecule has 0 aliphatic carbocycles. The minimum Gasteiger partial charge on any atom is -0.462 e. The Morgan fingerprint density at radius 1 is 0.323 bits per heavy atom. The zero-order valence-corrected chi connectivity index (χ0v) is 43.0. The summed E-state index contributed by atoms with van der Waals surface area (Å²) in [5.74, 6) is -0.907. The first-order valence-corrected chi connectivity index (χ1v) is 27.8. The molecular weight excluding hydrogens is 805 g/mol. The van der Waals surface area contributed by atoms with Crippen molar-refractivity contribution in [1.82, 2.24) is 0 Å². The highest BCUT2D eigenvalue weighted by Crippen LogP contribution is 2.15. The number of hydrogen-bond donors (Lipinski definition) is 0. The second-order valence-electron chi connectivity index (χ2n) is 18.5. The molecule has 0 aliphatic rings. The molecule has 0 aromatic carbocycles. The van der Waals surface area contributed by atoms with Crippen molar-refractivity contribution in [1.29, 1.82) is 0 Å². The van der Waals surface area contributed by atoms with Crippen molar-refractivity contribution in [2.24, 2.45) is 0 Å². The molecule has 0 bridgehead atoms. The number of hydrogen-bond acceptors (Lipinski definition) is 6. The minimum absolute atomic E-state index is 0.0831. The molecular formula is C59H104O6. The van der Waals surface area contributed by atoms with E-state index in [-0.39, 0.29) is 31.1 Å². The zero-order valence-electron chi connectivity index (χ0n) is 43.0. The van der Waals surface area contributed by atoms with Crippen molar-refractivity contribution in [2.75, 3.05) is 13.2 Å². The van der Waals surface area contributed by atoms with E-state index in [1.165, 1.54) is 141 Å². The number of allylic oxidation sites excluding steroid dienone is 10. The van der Waals surface area contributed by atoms with Gasteiger partial charge in [0, 0.05) is 19.3 Å². The van der Waals surface area contributed by atoms with Crippen LogP contribution in [0.2, 0.25) is 0 Å². The third kappa shape index (κ3) is 51.9. The van der Waals surface area contributed by atoms with E-state index >= 15 is 0 Å². The van der Waals surface area contributed by atoms with Crippen molar-refractivity contribution in [3.63, 3.8) is 0 Å². The first-order chi connectivity index (χ1) is 32.0. The maximum absolute atomic E-state index is 12.8. The van der Waals surface area contributed by atoms with Gasteiger partial charge in [-0.3, -0.25) is 14.4 Å². The van der Waals surface area contributed by atoms with Gasteiger partial charge in [-0.1, -0.05) is 236 Å². The predicted molar refractivity (Wildman–Crippen MR) is 279 cm³/mol. The monoisotopic (exact) mass is 909 g/mol. The molecule has 0 aliphatic heterocycles. The summed E-state index contributed by atoms with van der Waals surface area (Å²) in [4.78, 5) is 37.9. The average molecular weight is 909 g/mol. The number of carbonyl (C=O) groups excluding carboxylic acids is 3. The van der Waals surface area contributed by atoms with Crippen molar-refractivity contribution in [3.05, 3.63) is 60.8 Å². The second kappa shape index (κ2) is 53.7. The summed E-state index contributed by atoms with van der Waals surface area (Å²) in [6.45, 7) is 6.48. The summed E-state index contributed by atoms with van der Waals surface area (Å²) in [6.07, 6.45) is 66.6. The molecule has 0 aromatic heterocycles. The van der Waals surface area contributed by atoms with Crippen LogP contribution in [0.25, 0.3) is 0 Å². The number of carbonyl (C=O) groups is 3. The molecule has 65 heavy (non-hydrogen) atoms. The third-order valence-corrected chi connectivity index (χ3v) is 12.0. The van der Waals surface area contributed by atoms with Crippen LogP contribution in [0.3, 0.4) is 0 Å². The molecule has 1 unspecified atom stereocenters. The molecule has 6 heteroatoms. The molecule has 0 heterocycles. The van der Waals surface area contributed by atoms with Crippen LogP contribution in [0.1, 0.15) is 278 Å². The Morgan fingerprint density at radius 3 is 0.954 bits per heavy atom. The molecule has 0 rings (SSSR count). The summed E-state index contributed by atoms with van der Waals surface area (Å²) < 4.78 is 16.7. The topological polar surface area (TPSA) is 78.9 Å². The van der Waals surface area contributed by atoms with Gasteiger partial charge in [0.05, 0.1) is 0 Å². The van der Waals surface area contributed by atoms with Gasteiger partial charge in [0.2, 0.25) is 0 Å². The Bertz CT molecular complexity index is 1180. The Morgan fingerprint density at radius 2 is 0.600 bits per heavy atom. The summed E-state index contributed by atoms with van der Waals surface area (Å²) in [6, 6.07) is 0. The Balaban J connectivity index is 4.20. The van der Waals surface area contributed by atoms with Crippen LogP contribution in [0, 0.1) is 0 Å². The van der Waals surface area contributed by atoms with E-state index in [1.54, 1.807) is 0 Å². The van der Waals surface area contributed by atoms with Gasteiger partial charge in [-0.25, -0.2) is 0 Å². The fourth-order valence-electron chi connectivity index (χ4n) is 7.84. The highest BCUT2D eigenvalue weighted by atomic mass is 16.6. The van der Waals surface area contributed by atoms with Gasteiger partial charge in [-0.15, -0.1) is 0 Å². The number of unbranched alkanes of at least 4 members (excludes halogenated alkanes) is 29. The Labute approximate surface area is 402 Å². The predicted octanol–water partition coefficient (Wildman–Crippen LogP) is 18.4. The zero-order chi connectivity index (χ0) is 47.2. The lowest BCUT2D eigenvalue weighted by atomic mass is 10.0. The largest absolute Gasteiger partial charge is 0.462 e. The van der Waals surface area contributed by atoms with Gasteiger partial charge in [0.15, 0.2) is 6.10 Å². The van der Waals surface area contributed by atoms with Crippen molar-refractivity contribution >= 4 is 17.9 Å². The molecule has 0 fully saturated rings. The highest BCUT2D eigenvalue weighted by Gasteiger charge is 2.19. The Hall–Kier alpha value is -2.89. The molecule has 0 amide bonds. The standard InChI is InChI=1S/C59H104O6/c1-4-7-10-13-16-18-20-22-24-26-27-28-29-30-31-33-34-36-38-40-43-46-49-52-58(61)64-55-56(54-63-57(60)51-48-45-42-15-12-9-6-3)65-59(62)53-50-47-44-41-39-37-35-32-25-23-21-19-17-14-11-8-5-2/h8,11,17,19,23,25-27,35,37,56H,4-7,9-10,12-16,18,20-22,24,28-34,36,38-55H2,1-3H3/b11-8-,19-17-,25-23-,27-26-,37-35-. The average Bonchev–Trinajstić information content (AvgIpc) is 3.30. The van der Waals surface area contributed by atoms with Gasteiger partial charge < -0.3 is 14.2 Å². The van der Waals surface area contributed by atoms with Crippen LogP contribution in [-0.4, -0.2) is 37.2 Å². The van der Waals surface area contributed by atoms with Gasteiger partial charge in [-0.2, -0.15) is 0 Å². The SMILES string of the molecule is CC/C=C\C/C=C\C/C=C\C/C=C\CCCCCCC(=O)OC(COC(=O)CCCCCCCCC)COC(=O)CCCCCCCCCCCCC/C=C\CCCCCCCCCC. The fourth-order valence-corrected chi connectivity index (χ4v) is 7.84. The Kier molecular flexibility index (Phi) is 51.3. The number of esters is 3. The smallest absolute Gasteiger partial charge is 0.306 e. The van der Waals surface area contributed by atoms with E-state index in [1.807, 2.05) is 0 Å². The number of ether oxygens (including phenoxy) is 3. The first kappa shape index (κ1) is 62.1. The lowest BCUT2D eigenvalue weighted by molar-refractivity contribution is -0.167. The summed E-state index contributed by atoms with van der Waals surface area (Å²) >= 11 is 0. The van der Waals surface area contributed by atoms with E-state index in [4.69, 9.17) is 14.2 Å².